The average molecular weight is 407 g/mol. The van der Waals surface area contributed by atoms with Crippen molar-refractivity contribution in [2.45, 2.75) is 39.2 Å². The summed E-state index contributed by atoms with van der Waals surface area (Å²) in [5.41, 5.74) is 0.546. The molecule has 1 heterocycles. The van der Waals surface area contributed by atoms with Crippen LogP contribution >= 0.6 is 0 Å². The van der Waals surface area contributed by atoms with E-state index in [1.165, 1.54) is 26.4 Å². The van der Waals surface area contributed by atoms with Crippen molar-refractivity contribution in [2.24, 2.45) is 0 Å². The summed E-state index contributed by atoms with van der Waals surface area (Å²) in [4.78, 5) is 35.6. The number of allylic oxidation sites excluding steroid dienone is 1. The van der Waals surface area contributed by atoms with E-state index in [0.717, 1.165) is 12.8 Å². The third-order valence-corrected chi connectivity index (χ3v) is 4.46. The number of urea groups is 1. The van der Waals surface area contributed by atoms with E-state index in [2.05, 4.69) is 10.6 Å². The third-order valence-electron chi connectivity index (χ3n) is 4.46. The minimum Gasteiger partial charge on any atom is -0.493 e. The summed E-state index contributed by atoms with van der Waals surface area (Å²) in [5.74, 6) is -0.501. The second-order valence-corrected chi connectivity index (χ2v) is 6.30. The second kappa shape index (κ2) is 9.76. The summed E-state index contributed by atoms with van der Waals surface area (Å²) in [6, 6.07) is 1.32. The van der Waals surface area contributed by atoms with Gasteiger partial charge in [-0.3, -0.25) is 10.1 Å². The summed E-state index contributed by atoms with van der Waals surface area (Å²) in [6.45, 7) is 4.04. The van der Waals surface area contributed by atoms with Gasteiger partial charge >= 0.3 is 17.7 Å². The number of hydrogen-bond donors (Lipinski definition) is 2. The molecule has 2 rings (SSSR count). The Hall–Kier alpha value is -3.30. The highest BCUT2D eigenvalue weighted by Gasteiger charge is 2.35. The van der Waals surface area contributed by atoms with Crippen LogP contribution in [0.1, 0.15) is 44.7 Å². The van der Waals surface area contributed by atoms with E-state index in [1.54, 1.807) is 6.92 Å². The molecule has 2 amide bonds. The molecule has 1 unspecified atom stereocenters. The fourth-order valence-electron chi connectivity index (χ4n) is 3.02. The summed E-state index contributed by atoms with van der Waals surface area (Å²) < 4.78 is 15.8. The summed E-state index contributed by atoms with van der Waals surface area (Å²) in [5, 5.41) is 16.9. The van der Waals surface area contributed by atoms with E-state index in [0.29, 0.717) is 24.3 Å². The lowest BCUT2D eigenvalue weighted by atomic mass is 9.93. The zero-order valence-corrected chi connectivity index (χ0v) is 16.9. The Kier molecular flexibility index (Phi) is 7.40. The van der Waals surface area contributed by atoms with Crippen LogP contribution in [-0.2, 0) is 9.53 Å². The van der Waals surface area contributed by atoms with E-state index < -0.39 is 23.0 Å². The van der Waals surface area contributed by atoms with Gasteiger partial charge in [-0.25, -0.2) is 9.59 Å². The number of methoxy groups -OCH3 is 2. The first-order chi connectivity index (χ1) is 13.9. The normalized spacial score (nSPS) is 16.0. The summed E-state index contributed by atoms with van der Waals surface area (Å²) >= 11 is 0. The quantitative estimate of drug-likeness (QED) is 0.279. The van der Waals surface area contributed by atoms with Crippen LogP contribution in [0.5, 0.6) is 11.5 Å². The van der Waals surface area contributed by atoms with Gasteiger partial charge in [-0.1, -0.05) is 20.3 Å². The molecule has 0 saturated carbocycles. The topological polar surface area (TPSA) is 129 Å². The fraction of sp³-hybridized carbons (Fsp3) is 0.474. The highest BCUT2D eigenvalue weighted by molar-refractivity contribution is 5.95. The van der Waals surface area contributed by atoms with Gasteiger partial charge in [0, 0.05) is 11.8 Å². The maximum Gasteiger partial charge on any atom is 0.337 e. The zero-order valence-electron chi connectivity index (χ0n) is 16.9. The molecule has 0 radical (unpaired) electrons. The first-order valence-corrected chi connectivity index (χ1v) is 9.25. The van der Waals surface area contributed by atoms with Crippen molar-refractivity contribution in [3.8, 4) is 11.5 Å². The van der Waals surface area contributed by atoms with Crippen LogP contribution in [0.15, 0.2) is 23.4 Å². The molecule has 0 bridgehead atoms. The molecular formula is C19H25N3O7. The van der Waals surface area contributed by atoms with Gasteiger partial charge in [0.15, 0.2) is 5.75 Å². The largest absolute Gasteiger partial charge is 0.493 e. The van der Waals surface area contributed by atoms with Gasteiger partial charge in [-0.15, -0.1) is 0 Å². The van der Waals surface area contributed by atoms with E-state index in [-0.39, 0.29) is 22.8 Å². The molecule has 2 N–H and O–H groups in total. The van der Waals surface area contributed by atoms with Crippen LogP contribution in [0.2, 0.25) is 0 Å². The lowest BCUT2D eigenvalue weighted by Crippen LogP contribution is -2.45. The average Bonchev–Trinajstić information content (AvgIpc) is 2.72. The van der Waals surface area contributed by atoms with Gasteiger partial charge in [0.25, 0.3) is 0 Å². The van der Waals surface area contributed by atoms with E-state index in [9.17, 15) is 19.7 Å². The molecule has 1 aromatic carbocycles. The van der Waals surface area contributed by atoms with E-state index in [4.69, 9.17) is 14.2 Å². The molecule has 1 atom stereocenters. The number of esters is 1. The fourth-order valence-corrected chi connectivity index (χ4v) is 3.02. The van der Waals surface area contributed by atoms with Crippen LogP contribution in [-0.4, -0.2) is 37.8 Å². The third kappa shape index (κ3) is 4.76. The van der Waals surface area contributed by atoms with Crippen molar-refractivity contribution in [3.05, 3.63) is 39.1 Å². The number of amides is 2. The number of nitro benzene ring substituents is 1. The number of carbonyl (C=O) groups is 2. The van der Waals surface area contributed by atoms with Crippen LogP contribution in [0.4, 0.5) is 10.5 Å². The molecule has 29 heavy (non-hydrogen) atoms. The Morgan fingerprint density at radius 3 is 2.55 bits per heavy atom. The van der Waals surface area contributed by atoms with Crippen molar-refractivity contribution in [2.75, 3.05) is 20.8 Å². The Labute approximate surface area is 168 Å². The molecular weight excluding hydrogens is 382 g/mol. The molecule has 0 fully saturated rings. The van der Waals surface area contributed by atoms with Crippen LogP contribution in [0, 0.1) is 10.1 Å². The number of nitrogens with zero attached hydrogens (tertiary/aromatic N) is 1. The molecule has 1 aromatic rings. The minimum atomic E-state index is -0.941. The molecule has 0 spiro atoms. The lowest BCUT2D eigenvalue weighted by molar-refractivity contribution is -0.386. The molecule has 158 valence electrons. The van der Waals surface area contributed by atoms with Crippen molar-refractivity contribution in [1.29, 1.82) is 0 Å². The Balaban J connectivity index is 2.62. The highest BCUT2D eigenvalue weighted by Crippen LogP contribution is 2.42. The first kappa shape index (κ1) is 22.0. The maximum absolute atomic E-state index is 12.4. The van der Waals surface area contributed by atoms with E-state index >= 15 is 0 Å². The molecule has 10 heteroatoms. The Morgan fingerprint density at radius 1 is 1.28 bits per heavy atom. The number of nitrogens with one attached hydrogen (secondary N) is 2. The standard InChI is InChI=1S/C19H25N3O7/c1-5-7-8-29-17-13(22(25)26)9-11(10-14(17)27-3)16-15(18(23)28-4)12(6-2)20-19(24)21-16/h9-10,16H,5-8H2,1-4H3,(H2,20,21,24). The number of carbonyl (C=O) groups excluding carboxylic acids is 2. The number of hydrogen-bond acceptors (Lipinski definition) is 7. The summed E-state index contributed by atoms with van der Waals surface area (Å²) in [7, 11) is 2.59. The second-order valence-electron chi connectivity index (χ2n) is 6.30. The number of unbranched alkanes of at least 4 members (excludes halogenated alkanes) is 1. The number of rotatable bonds is 9. The van der Waals surface area contributed by atoms with Crippen molar-refractivity contribution in [1.82, 2.24) is 10.6 Å². The smallest absolute Gasteiger partial charge is 0.337 e. The van der Waals surface area contributed by atoms with E-state index in [1.807, 2.05) is 6.92 Å². The molecule has 0 aromatic heterocycles. The molecule has 0 saturated heterocycles. The number of ether oxygens (including phenoxy) is 3. The van der Waals surface area contributed by atoms with Crippen LogP contribution < -0.4 is 20.1 Å². The Morgan fingerprint density at radius 2 is 2.00 bits per heavy atom. The molecule has 10 nitrogen and oxygen atoms in total. The number of nitro groups is 1. The van der Waals surface area contributed by atoms with Gasteiger partial charge in [0.05, 0.1) is 37.4 Å². The van der Waals surface area contributed by atoms with Crippen LogP contribution in [0.3, 0.4) is 0 Å². The number of benzene rings is 1. The van der Waals surface area contributed by atoms with Gasteiger partial charge < -0.3 is 24.8 Å². The maximum atomic E-state index is 12.4. The molecule has 1 aliphatic rings. The minimum absolute atomic E-state index is 0.00859. The monoisotopic (exact) mass is 407 g/mol. The van der Waals surface area contributed by atoms with Gasteiger partial charge in [-0.2, -0.15) is 0 Å². The van der Waals surface area contributed by atoms with Crippen LogP contribution in [0.25, 0.3) is 0 Å². The van der Waals surface area contributed by atoms with Crippen molar-refractivity contribution < 1.29 is 28.7 Å². The zero-order chi connectivity index (χ0) is 21.6. The first-order valence-electron chi connectivity index (χ1n) is 9.25. The van der Waals surface area contributed by atoms with Crippen molar-refractivity contribution >= 4 is 17.7 Å². The molecule has 0 aliphatic carbocycles. The lowest BCUT2D eigenvalue weighted by Gasteiger charge is -2.29. The van der Waals surface area contributed by atoms with Gasteiger partial charge in [0.1, 0.15) is 0 Å². The Bertz CT molecular complexity index is 835. The predicted molar refractivity (Wildman–Crippen MR) is 104 cm³/mol. The SMILES string of the molecule is CCCCOc1c(OC)cc(C2NC(=O)NC(CC)=C2C(=O)OC)cc1[N+](=O)[O-]. The molecule has 1 aliphatic heterocycles. The predicted octanol–water partition coefficient (Wildman–Crippen LogP) is 2.97. The van der Waals surface area contributed by atoms with Gasteiger partial charge in [-0.05, 0) is 24.5 Å². The van der Waals surface area contributed by atoms with Crippen molar-refractivity contribution in [3.63, 3.8) is 0 Å². The highest BCUT2D eigenvalue weighted by atomic mass is 16.6. The van der Waals surface area contributed by atoms with Gasteiger partial charge in [0.2, 0.25) is 5.75 Å². The summed E-state index contributed by atoms with van der Waals surface area (Å²) in [6.07, 6.45) is 1.95.